The van der Waals surface area contributed by atoms with E-state index in [4.69, 9.17) is 0 Å². The van der Waals surface area contributed by atoms with E-state index in [1.807, 2.05) is 0 Å². The van der Waals surface area contributed by atoms with E-state index < -0.39 is 5.97 Å². The highest BCUT2D eigenvalue weighted by molar-refractivity contribution is 5.70. The number of carboxylic acid groups (broad SMARTS) is 1. The minimum Gasteiger partial charge on any atom is -0.481 e. The molecule has 0 aromatic rings. The van der Waals surface area contributed by atoms with Gasteiger partial charge in [0.15, 0.2) is 0 Å². The van der Waals surface area contributed by atoms with Crippen molar-refractivity contribution >= 4 is 5.97 Å². The summed E-state index contributed by atoms with van der Waals surface area (Å²) in [6, 6.07) is 0.244. The van der Waals surface area contributed by atoms with Gasteiger partial charge in [0.05, 0.1) is 5.92 Å². The van der Waals surface area contributed by atoms with Crippen LogP contribution in [-0.4, -0.2) is 35.6 Å². The fourth-order valence-corrected chi connectivity index (χ4v) is 2.73. The number of carboxylic acids is 1. The standard InChI is InChI=1S/C14H27NO2/c1-11(2)9-10-15(3)13-8-6-4-5-7-12(13)14(16)17/h11-13H,4-10H2,1-3H3,(H,16,17). The Hall–Kier alpha value is -0.570. The zero-order valence-electron chi connectivity index (χ0n) is 11.5. The Kier molecular flexibility index (Phi) is 5.96. The Morgan fingerprint density at radius 1 is 1.29 bits per heavy atom. The number of rotatable bonds is 5. The van der Waals surface area contributed by atoms with Gasteiger partial charge in [0.25, 0.3) is 0 Å². The van der Waals surface area contributed by atoms with Gasteiger partial charge in [0, 0.05) is 6.04 Å². The summed E-state index contributed by atoms with van der Waals surface area (Å²) in [5.41, 5.74) is 0. The van der Waals surface area contributed by atoms with E-state index in [9.17, 15) is 9.90 Å². The Bertz CT molecular complexity index is 240. The van der Waals surface area contributed by atoms with Crippen molar-refractivity contribution in [2.24, 2.45) is 11.8 Å². The lowest BCUT2D eigenvalue weighted by Crippen LogP contribution is -2.41. The molecular weight excluding hydrogens is 214 g/mol. The van der Waals surface area contributed by atoms with Crippen molar-refractivity contribution in [3.05, 3.63) is 0 Å². The largest absolute Gasteiger partial charge is 0.481 e. The molecule has 0 aromatic heterocycles. The molecule has 2 atom stereocenters. The van der Waals surface area contributed by atoms with Crippen LogP contribution in [0, 0.1) is 11.8 Å². The first-order chi connectivity index (χ1) is 8.02. The predicted molar refractivity (Wildman–Crippen MR) is 70.1 cm³/mol. The second kappa shape index (κ2) is 7.00. The number of hydrogen-bond acceptors (Lipinski definition) is 2. The number of hydrogen-bond donors (Lipinski definition) is 1. The first-order valence-electron chi connectivity index (χ1n) is 6.95. The fourth-order valence-electron chi connectivity index (χ4n) is 2.73. The maximum atomic E-state index is 11.3. The molecule has 0 heterocycles. The molecular formula is C14H27NO2. The maximum Gasteiger partial charge on any atom is 0.308 e. The fraction of sp³-hybridized carbons (Fsp3) is 0.929. The summed E-state index contributed by atoms with van der Waals surface area (Å²) < 4.78 is 0. The number of aliphatic carboxylic acids is 1. The van der Waals surface area contributed by atoms with Gasteiger partial charge in [-0.1, -0.05) is 33.1 Å². The summed E-state index contributed by atoms with van der Waals surface area (Å²) in [4.78, 5) is 13.6. The molecule has 100 valence electrons. The van der Waals surface area contributed by atoms with Gasteiger partial charge in [-0.25, -0.2) is 0 Å². The molecule has 3 nitrogen and oxygen atoms in total. The molecule has 1 aliphatic carbocycles. The summed E-state index contributed by atoms with van der Waals surface area (Å²) in [5, 5.41) is 9.33. The summed E-state index contributed by atoms with van der Waals surface area (Å²) >= 11 is 0. The molecule has 0 spiro atoms. The topological polar surface area (TPSA) is 40.5 Å². The highest BCUT2D eigenvalue weighted by Gasteiger charge is 2.31. The van der Waals surface area contributed by atoms with Crippen LogP contribution in [0.15, 0.2) is 0 Å². The first-order valence-corrected chi connectivity index (χ1v) is 6.95. The lowest BCUT2D eigenvalue weighted by Gasteiger charge is -2.31. The van der Waals surface area contributed by atoms with Crippen LogP contribution in [0.3, 0.4) is 0 Å². The van der Waals surface area contributed by atoms with Crippen LogP contribution < -0.4 is 0 Å². The third kappa shape index (κ3) is 4.66. The maximum absolute atomic E-state index is 11.3. The van der Waals surface area contributed by atoms with E-state index in [0.717, 1.165) is 32.2 Å². The second-order valence-corrected chi connectivity index (χ2v) is 5.81. The molecule has 1 saturated carbocycles. The first kappa shape index (κ1) is 14.5. The molecule has 1 N–H and O–H groups in total. The predicted octanol–water partition coefficient (Wildman–Crippen LogP) is 3.00. The highest BCUT2D eigenvalue weighted by atomic mass is 16.4. The smallest absolute Gasteiger partial charge is 0.308 e. The van der Waals surface area contributed by atoms with Gasteiger partial charge in [-0.15, -0.1) is 0 Å². The second-order valence-electron chi connectivity index (χ2n) is 5.81. The molecule has 0 bridgehead atoms. The molecule has 3 heteroatoms. The molecule has 17 heavy (non-hydrogen) atoms. The van der Waals surface area contributed by atoms with Crippen LogP contribution in [0.1, 0.15) is 52.4 Å². The van der Waals surface area contributed by atoms with Crippen LogP contribution >= 0.6 is 0 Å². The van der Waals surface area contributed by atoms with Gasteiger partial charge < -0.3 is 10.0 Å². The minimum absolute atomic E-state index is 0.158. The zero-order chi connectivity index (χ0) is 12.8. The Labute approximate surface area is 105 Å². The molecule has 0 radical (unpaired) electrons. The van der Waals surface area contributed by atoms with Crippen LogP contribution in [0.25, 0.3) is 0 Å². The molecule has 0 aliphatic heterocycles. The number of nitrogens with zero attached hydrogens (tertiary/aromatic N) is 1. The van der Waals surface area contributed by atoms with Gasteiger partial charge in [-0.2, -0.15) is 0 Å². The van der Waals surface area contributed by atoms with Crippen molar-refractivity contribution in [3.63, 3.8) is 0 Å². The third-order valence-electron chi connectivity index (χ3n) is 3.92. The van der Waals surface area contributed by atoms with Crippen molar-refractivity contribution in [1.82, 2.24) is 4.90 Å². The van der Waals surface area contributed by atoms with Gasteiger partial charge in [-0.05, 0) is 38.8 Å². The molecule has 1 rings (SSSR count). The quantitative estimate of drug-likeness (QED) is 0.752. The summed E-state index contributed by atoms with van der Waals surface area (Å²) in [6.07, 6.45) is 6.50. The Balaban J connectivity index is 2.58. The van der Waals surface area contributed by atoms with Crippen molar-refractivity contribution in [2.75, 3.05) is 13.6 Å². The van der Waals surface area contributed by atoms with Crippen molar-refractivity contribution in [1.29, 1.82) is 0 Å². The van der Waals surface area contributed by atoms with Gasteiger partial charge >= 0.3 is 5.97 Å². The summed E-state index contributed by atoms with van der Waals surface area (Å²) in [7, 11) is 2.09. The van der Waals surface area contributed by atoms with E-state index in [2.05, 4.69) is 25.8 Å². The number of carbonyl (C=O) groups is 1. The minimum atomic E-state index is -0.603. The van der Waals surface area contributed by atoms with E-state index in [1.165, 1.54) is 12.8 Å². The molecule has 1 fully saturated rings. The monoisotopic (exact) mass is 241 g/mol. The Morgan fingerprint density at radius 2 is 1.94 bits per heavy atom. The molecule has 0 amide bonds. The van der Waals surface area contributed by atoms with Crippen LogP contribution in [-0.2, 0) is 4.79 Å². The van der Waals surface area contributed by atoms with E-state index in [1.54, 1.807) is 0 Å². The van der Waals surface area contributed by atoms with Gasteiger partial charge in [0.1, 0.15) is 0 Å². The zero-order valence-corrected chi connectivity index (χ0v) is 11.5. The van der Waals surface area contributed by atoms with E-state index >= 15 is 0 Å². The third-order valence-corrected chi connectivity index (χ3v) is 3.92. The lowest BCUT2D eigenvalue weighted by atomic mass is 9.93. The van der Waals surface area contributed by atoms with Gasteiger partial charge in [-0.3, -0.25) is 4.79 Å². The van der Waals surface area contributed by atoms with Crippen LogP contribution in [0.5, 0.6) is 0 Å². The normalized spacial score (nSPS) is 26.2. The molecule has 0 aromatic carbocycles. The molecule has 1 aliphatic rings. The van der Waals surface area contributed by atoms with Crippen LogP contribution in [0.4, 0.5) is 0 Å². The van der Waals surface area contributed by atoms with E-state index in [0.29, 0.717) is 5.92 Å². The van der Waals surface area contributed by atoms with Crippen molar-refractivity contribution in [2.45, 2.75) is 58.4 Å². The average molecular weight is 241 g/mol. The van der Waals surface area contributed by atoms with E-state index in [-0.39, 0.29) is 12.0 Å². The average Bonchev–Trinajstić information content (AvgIpc) is 2.50. The van der Waals surface area contributed by atoms with Gasteiger partial charge in [0.2, 0.25) is 0 Å². The highest BCUT2D eigenvalue weighted by Crippen LogP contribution is 2.27. The molecule has 2 unspecified atom stereocenters. The lowest BCUT2D eigenvalue weighted by molar-refractivity contribution is -0.144. The van der Waals surface area contributed by atoms with Crippen molar-refractivity contribution in [3.8, 4) is 0 Å². The van der Waals surface area contributed by atoms with Crippen molar-refractivity contribution < 1.29 is 9.90 Å². The molecule has 0 saturated heterocycles. The summed E-state index contributed by atoms with van der Waals surface area (Å²) in [5.74, 6) is -0.0746. The SMILES string of the molecule is CC(C)CCN(C)C1CCCCCC1C(=O)O. The van der Waals surface area contributed by atoms with Crippen LogP contribution in [0.2, 0.25) is 0 Å². The summed E-state index contributed by atoms with van der Waals surface area (Å²) in [6.45, 7) is 5.46. The Morgan fingerprint density at radius 3 is 2.53 bits per heavy atom.